The van der Waals surface area contributed by atoms with E-state index in [0.29, 0.717) is 29.4 Å². The van der Waals surface area contributed by atoms with Crippen molar-refractivity contribution in [2.75, 3.05) is 11.9 Å². The number of carbonyl (C=O) groups excluding carboxylic acids is 2. The van der Waals surface area contributed by atoms with Gasteiger partial charge < -0.3 is 14.8 Å². The lowest BCUT2D eigenvalue weighted by molar-refractivity contribution is -0.111. The van der Waals surface area contributed by atoms with Crippen LogP contribution in [0, 0.1) is 0 Å². The van der Waals surface area contributed by atoms with Gasteiger partial charge in [-0.2, -0.15) is 0 Å². The summed E-state index contributed by atoms with van der Waals surface area (Å²) < 4.78 is 10.6. The lowest BCUT2D eigenvalue weighted by Crippen LogP contribution is -2.11. The van der Waals surface area contributed by atoms with E-state index in [-0.39, 0.29) is 5.91 Å². The zero-order valence-electron chi connectivity index (χ0n) is 12.7. The summed E-state index contributed by atoms with van der Waals surface area (Å²) in [6.07, 6.45) is 1.16. The molecule has 5 nitrogen and oxygen atoms in total. The van der Waals surface area contributed by atoms with Gasteiger partial charge in [-0.3, -0.25) is 4.79 Å². The van der Waals surface area contributed by atoms with Crippen LogP contribution in [-0.4, -0.2) is 18.5 Å². The van der Waals surface area contributed by atoms with Gasteiger partial charge in [-0.1, -0.05) is 12.6 Å². The maximum atomic E-state index is 12.1. The van der Waals surface area contributed by atoms with Crippen molar-refractivity contribution in [3.8, 4) is 11.5 Å². The van der Waals surface area contributed by atoms with Gasteiger partial charge in [0.2, 0.25) is 5.91 Å². The average molecular weight is 311 g/mol. The molecule has 118 valence electrons. The molecule has 0 spiro atoms. The van der Waals surface area contributed by atoms with Gasteiger partial charge in [0, 0.05) is 5.69 Å². The highest BCUT2D eigenvalue weighted by Gasteiger charge is 2.10. The second kappa shape index (κ2) is 7.79. The summed E-state index contributed by atoms with van der Waals surface area (Å²) in [6, 6.07) is 13.3. The van der Waals surface area contributed by atoms with E-state index in [1.54, 1.807) is 42.5 Å². The summed E-state index contributed by atoms with van der Waals surface area (Å²) >= 11 is 0. The van der Waals surface area contributed by atoms with E-state index >= 15 is 0 Å². The van der Waals surface area contributed by atoms with E-state index in [1.165, 1.54) is 6.07 Å². The predicted octanol–water partition coefficient (Wildman–Crippen LogP) is 3.43. The number of carbonyl (C=O) groups is 2. The number of rotatable bonds is 6. The van der Waals surface area contributed by atoms with E-state index in [2.05, 4.69) is 11.9 Å². The summed E-state index contributed by atoms with van der Waals surface area (Å²) in [5.74, 6) is 0.270. The topological polar surface area (TPSA) is 64.6 Å². The molecule has 0 bridgehead atoms. The van der Waals surface area contributed by atoms with Crippen LogP contribution in [0.4, 0.5) is 5.69 Å². The van der Waals surface area contributed by atoms with Crippen molar-refractivity contribution >= 4 is 17.6 Å². The minimum absolute atomic E-state index is 0.334. The first-order valence-corrected chi connectivity index (χ1v) is 7.11. The third-order valence-electron chi connectivity index (χ3n) is 2.90. The van der Waals surface area contributed by atoms with Gasteiger partial charge in [0.25, 0.3) is 0 Å². The third kappa shape index (κ3) is 4.71. The van der Waals surface area contributed by atoms with Crippen LogP contribution < -0.4 is 14.8 Å². The molecule has 1 amide bonds. The first kappa shape index (κ1) is 16.3. The van der Waals surface area contributed by atoms with Gasteiger partial charge in [0.05, 0.1) is 12.2 Å². The lowest BCUT2D eigenvalue weighted by atomic mass is 10.2. The number of esters is 1. The highest BCUT2D eigenvalue weighted by molar-refractivity contribution is 6.00. The number of nitrogens with one attached hydrogen (secondary N) is 1. The van der Waals surface area contributed by atoms with Crippen molar-refractivity contribution in [2.24, 2.45) is 0 Å². The van der Waals surface area contributed by atoms with Gasteiger partial charge in [0.15, 0.2) is 0 Å². The normalized spacial score (nSPS) is 9.78. The van der Waals surface area contributed by atoms with E-state index in [4.69, 9.17) is 9.47 Å². The summed E-state index contributed by atoms with van der Waals surface area (Å²) in [7, 11) is 0. The number of hydrogen-bond donors (Lipinski definition) is 1. The Morgan fingerprint density at radius 2 is 1.83 bits per heavy atom. The largest absolute Gasteiger partial charge is 0.494 e. The number of benzene rings is 2. The SMILES string of the molecule is C=CC(=O)Nc1cccc(C(=O)Oc2ccc(OCC)cc2)c1. The Kier molecular flexibility index (Phi) is 5.52. The maximum absolute atomic E-state index is 12.1. The minimum atomic E-state index is -0.510. The fourth-order valence-electron chi connectivity index (χ4n) is 1.85. The molecule has 2 aromatic carbocycles. The second-order valence-electron chi connectivity index (χ2n) is 4.57. The maximum Gasteiger partial charge on any atom is 0.343 e. The van der Waals surface area contributed by atoms with Crippen molar-refractivity contribution in [1.29, 1.82) is 0 Å². The van der Waals surface area contributed by atoms with Gasteiger partial charge in [-0.25, -0.2) is 4.79 Å². The molecule has 0 aliphatic heterocycles. The van der Waals surface area contributed by atoms with Crippen molar-refractivity contribution in [3.05, 3.63) is 66.7 Å². The quantitative estimate of drug-likeness (QED) is 0.504. The fraction of sp³-hybridized carbons (Fsp3) is 0.111. The molecular weight excluding hydrogens is 294 g/mol. The highest BCUT2D eigenvalue weighted by Crippen LogP contribution is 2.19. The Labute approximate surface area is 134 Å². The molecule has 0 heterocycles. The molecule has 0 fully saturated rings. The van der Waals surface area contributed by atoms with E-state index < -0.39 is 5.97 Å². The Morgan fingerprint density at radius 3 is 2.48 bits per heavy atom. The lowest BCUT2D eigenvalue weighted by Gasteiger charge is -2.08. The van der Waals surface area contributed by atoms with Crippen molar-refractivity contribution in [2.45, 2.75) is 6.92 Å². The number of anilines is 1. The zero-order chi connectivity index (χ0) is 16.7. The van der Waals surface area contributed by atoms with Crippen LogP contribution in [0.25, 0.3) is 0 Å². The summed E-state index contributed by atoms with van der Waals surface area (Å²) in [5, 5.41) is 2.59. The van der Waals surface area contributed by atoms with Crippen molar-refractivity contribution in [1.82, 2.24) is 0 Å². The fourth-order valence-corrected chi connectivity index (χ4v) is 1.85. The Balaban J connectivity index is 2.06. The number of hydrogen-bond acceptors (Lipinski definition) is 4. The molecule has 0 aliphatic rings. The molecular formula is C18H17NO4. The van der Waals surface area contributed by atoms with Gasteiger partial charge in [0.1, 0.15) is 11.5 Å². The number of amides is 1. The summed E-state index contributed by atoms with van der Waals surface area (Å²) in [6.45, 7) is 5.84. The van der Waals surface area contributed by atoms with E-state index in [0.717, 1.165) is 6.08 Å². The number of ether oxygens (including phenoxy) is 2. The van der Waals surface area contributed by atoms with E-state index in [9.17, 15) is 9.59 Å². The van der Waals surface area contributed by atoms with Gasteiger partial charge in [-0.15, -0.1) is 0 Å². The van der Waals surface area contributed by atoms with Crippen molar-refractivity contribution in [3.63, 3.8) is 0 Å². The van der Waals surface area contributed by atoms with Crippen LogP contribution in [0.3, 0.4) is 0 Å². The van der Waals surface area contributed by atoms with Crippen LogP contribution in [0.5, 0.6) is 11.5 Å². The van der Waals surface area contributed by atoms with Crippen LogP contribution in [-0.2, 0) is 4.79 Å². The summed E-state index contributed by atoms with van der Waals surface area (Å²) in [4.78, 5) is 23.4. The Morgan fingerprint density at radius 1 is 1.13 bits per heavy atom. The molecule has 0 aliphatic carbocycles. The molecule has 2 aromatic rings. The smallest absolute Gasteiger partial charge is 0.343 e. The van der Waals surface area contributed by atoms with Crippen molar-refractivity contribution < 1.29 is 19.1 Å². The van der Waals surface area contributed by atoms with Crippen LogP contribution >= 0.6 is 0 Å². The molecule has 0 atom stereocenters. The van der Waals surface area contributed by atoms with E-state index in [1.807, 2.05) is 6.92 Å². The van der Waals surface area contributed by atoms with Gasteiger partial charge >= 0.3 is 5.97 Å². The first-order chi connectivity index (χ1) is 11.1. The second-order valence-corrected chi connectivity index (χ2v) is 4.57. The zero-order valence-corrected chi connectivity index (χ0v) is 12.7. The molecule has 23 heavy (non-hydrogen) atoms. The Hall–Kier alpha value is -3.08. The minimum Gasteiger partial charge on any atom is -0.494 e. The monoisotopic (exact) mass is 311 g/mol. The van der Waals surface area contributed by atoms with Gasteiger partial charge in [-0.05, 0) is 55.5 Å². The molecule has 0 radical (unpaired) electrons. The molecule has 1 N–H and O–H groups in total. The van der Waals surface area contributed by atoms with Crippen LogP contribution in [0.15, 0.2) is 61.2 Å². The highest BCUT2D eigenvalue weighted by atomic mass is 16.5. The first-order valence-electron chi connectivity index (χ1n) is 7.11. The molecule has 0 unspecified atom stereocenters. The average Bonchev–Trinajstić information content (AvgIpc) is 2.57. The van der Waals surface area contributed by atoms with Crippen LogP contribution in [0.1, 0.15) is 17.3 Å². The third-order valence-corrected chi connectivity index (χ3v) is 2.90. The molecule has 0 aromatic heterocycles. The Bertz CT molecular complexity index is 707. The summed E-state index contributed by atoms with van der Waals surface area (Å²) in [5.41, 5.74) is 0.830. The van der Waals surface area contributed by atoms with Crippen LogP contribution in [0.2, 0.25) is 0 Å². The molecule has 0 saturated carbocycles. The predicted molar refractivity (Wildman–Crippen MR) is 87.8 cm³/mol. The molecule has 2 rings (SSSR count). The molecule has 0 saturated heterocycles. The molecule has 5 heteroatoms. The standard InChI is InChI=1S/C18H17NO4/c1-3-17(20)19-14-7-5-6-13(12-14)18(21)23-16-10-8-15(9-11-16)22-4-2/h3,5-12H,1,4H2,2H3,(H,19,20).